The average molecular weight is 963 g/mol. The number of rotatable bonds is 52. The SMILES string of the molecule is CCCCC/C=C\C/C=C\C/C=C\C/C=C\CCCCCC(=O)OC(CCCCC/C=C/C=C/C=C/CCCCCCC)CC(=O)NC(CO)C(O)CCCCCCCCCCCCCCCCC. The van der Waals surface area contributed by atoms with Gasteiger partial charge in [0.15, 0.2) is 0 Å². The Hall–Kier alpha value is -2.96. The van der Waals surface area contributed by atoms with E-state index in [2.05, 4.69) is 111 Å². The highest BCUT2D eigenvalue weighted by Crippen LogP contribution is 2.17. The van der Waals surface area contributed by atoms with Crippen molar-refractivity contribution < 1.29 is 24.5 Å². The molecule has 0 aromatic rings. The van der Waals surface area contributed by atoms with Crippen LogP contribution in [0.4, 0.5) is 0 Å². The molecular formula is C63H111NO5. The van der Waals surface area contributed by atoms with E-state index in [1.165, 1.54) is 135 Å². The lowest BCUT2D eigenvalue weighted by molar-refractivity contribution is -0.151. The van der Waals surface area contributed by atoms with Crippen LogP contribution in [-0.4, -0.2) is 46.9 Å². The minimum atomic E-state index is -0.808. The molecule has 0 bridgehead atoms. The monoisotopic (exact) mass is 962 g/mol. The predicted octanol–water partition coefficient (Wildman–Crippen LogP) is 18.3. The van der Waals surface area contributed by atoms with Crippen LogP contribution < -0.4 is 5.32 Å². The highest BCUT2D eigenvalue weighted by Gasteiger charge is 2.24. The van der Waals surface area contributed by atoms with Gasteiger partial charge in [0, 0.05) is 6.42 Å². The fourth-order valence-corrected chi connectivity index (χ4v) is 8.53. The number of aliphatic hydroxyl groups is 2. The van der Waals surface area contributed by atoms with Gasteiger partial charge >= 0.3 is 5.97 Å². The third-order valence-corrected chi connectivity index (χ3v) is 13.0. The second-order valence-corrected chi connectivity index (χ2v) is 19.7. The van der Waals surface area contributed by atoms with Crippen LogP contribution in [0.1, 0.15) is 278 Å². The Morgan fingerprint density at radius 3 is 1.28 bits per heavy atom. The second kappa shape index (κ2) is 56.0. The average Bonchev–Trinajstić information content (AvgIpc) is 3.34. The Kier molecular flexibility index (Phi) is 53.6. The maximum Gasteiger partial charge on any atom is 0.306 e. The van der Waals surface area contributed by atoms with Crippen LogP contribution in [0.3, 0.4) is 0 Å². The van der Waals surface area contributed by atoms with Gasteiger partial charge in [0.2, 0.25) is 5.91 Å². The fourth-order valence-electron chi connectivity index (χ4n) is 8.53. The molecule has 0 aromatic heterocycles. The Morgan fingerprint density at radius 2 is 0.797 bits per heavy atom. The van der Waals surface area contributed by atoms with E-state index in [9.17, 15) is 19.8 Å². The molecule has 0 aromatic carbocycles. The lowest BCUT2D eigenvalue weighted by atomic mass is 10.0. The van der Waals surface area contributed by atoms with E-state index in [0.717, 1.165) is 96.3 Å². The van der Waals surface area contributed by atoms with Crippen LogP contribution in [0.2, 0.25) is 0 Å². The highest BCUT2D eigenvalue weighted by molar-refractivity contribution is 5.77. The summed E-state index contributed by atoms with van der Waals surface area (Å²) < 4.78 is 5.93. The van der Waals surface area contributed by atoms with Crippen LogP contribution in [-0.2, 0) is 14.3 Å². The Bertz CT molecular complexity index is 1310. The van der Waals surface area contributed by atoms with Crippen molar-refractivity contribution in [3.8, 4) is 0 Å². The lowest BCUT2D eigenvalue weighted by Crippen LogP contribution is -2.46. The topological polar surface area (TPSA) is 95.9 Å². The molecule has 0 fully saturated rings. The van der Waals surface area contributed by atoms with Crippen molar-refractivity contribution in [1.82, 2.24) is 5.32 Å². The number of nitrogens with one attached hydrogen (secondary N) is 1. The summed E-state index contributed by atoms with van der Waals surface area (Å²) in [6.07, 6.45) is 73.6. The standard InChI is InChI=1S/C63H111NO5/c1-4-7-10-13-16-19-22-25-28-30-31-32-35-38-41-44-47-50-53-56-63(68)69-59(54-51-48-45-42-39-36-34-29-26-23-20-17-14-11-8-5-2)57-62(67)64-60(58-65)61(66)55-52-49-46-43-40-37-33-27-24-21-18-15-12-9-6-3/h16,19,23,25-26,28-29,31-32,34,36,38-39,41,59-61,65-66H,4-15,17-18,20-22,24,27,30,33,35,37,40,42-58H2,1-3H3,(H,64,67)/b19-16-,26-23+,28-25-,32-31-,34-29+,39-36+,41-38-. The van der Waals surface area contributed by atoms with E-state index in [4.69, 9.17) is 4.74 Å². The number of carbonyl (C=O) groups is 2. The van der Waals surface area contributed by atoms with Crippen molar-refractivity contribution in [3.05, 3.63) is 85.1 Å². The summed E-state index contributed by atoms with van der Waals surface area (Å²) in [5.74, 6) is -0.542. The summed E-state index contributed by atoms with van der Waals surface area (Å²) in [6.45, 7) is 6.44. The molecule has 0 aliphatic heterocycles. The van der Waals surface area contributed by atoms with Gasteiger partial charge in [-0.05, 0) is 96.3 Å². The number of unbranched alkanes of at least 4 members (excludes halogenated alkanes) is 28. The van der Waals surface area contributed by atoms with Crippen LogP contribution in [0.25, 0.3) is 0 Å². The summed E-state index contributed by atoms with van der Waals surface area (Å²) in [5.41, 5.74) is 0. The summed E-state index contributed by atoms with van der Waals surface area (Å²) in [7, 11) is 0. The van der Waals surface area contributed by atoms with Crippen molar-refractivity contribution in [2.24, 2.45) is 0 Å². The molecule has 3 N–H and O–H groups in total. The van der Waals surface area contributed by atoms with E-state index in [1.54, 1.807) is 0 Å². The van der Waals surface area contributed by atoms with Gasteiger partial charge in [0.1, 0.15) is 6.10 Å². The van der Waals surface area contributed by atoms with Crippen molar-refractivity contribution >= 4 is 11.9 Å². The van der Waals surface area contributed by atoms with Gasteiger partial charge in [-0.15, -0.1) is 0 Å². The minimum absolute atomic E-state index is 0.0386. The molecule has 0 saturated heterocycles. The van der Waals surface area contributed by atoms with Crippen LogP contribution >= 0.6 is 0 Å². The first-order chi connectivity index (χ1) is 34.0. The molecule has 0 saturated carbocycles. The highest BCUT2D eigenvalue weighted by atomic mass is 16.5. The van der Waals surface area contributed by atoms with Gasteiger partial charge in [-0.3, -0.25) is 9.59 Å². The predicted molar refractivity (Wildman–Crippen MR) is 301 cm³/mol. The number of esters is 1. The molecule has 0 rings (SSSR count). The van der Waals surface area contributed by atoms with E-state index in [0.29, 0.717) is 19.3 Å². The maximum absolute atomic E-state index is 13.3. The van der Waals surface area contributed by atoms with Gasteiger partial charge in [0.25, 0.3) is 0 Å². The molecular weight excluding hydrogens is 851 g/mol. The quantitative estimate of drug-likeness (QED) is 0.0244. The molecule has 398 valence electrons. The molecule has 0 aliphatic rings. The van der Waals surface area contributed by atoms with E-state index in [1.807, 2.05) is 0 Å². The summed E-state index contributed by atoms with van der Waals surface area (Å²) in [6, 6.07) is -0.725. The molecule has 0 aliphatic carbocycles. The zero-order valence-corrected chi connectivity index (χ0v) is 45.4. The fraction of sp³-hybridized carbons (Fsp3) is 0.746. The largest absolute Gasteiger partial charge is 0.462 e. The van der Waals surface area contributed by atoms with Gasteiger partial charge in [0.05, 0.1) is 25.2 Å². The Balaban J connectivity index is 4.69. The first-order valence-corrected chi connectivity index (χ1v) is 29.3. The maximum atomic E-state index is 13.3. The van der Waals surface area contributed by atoms with Crippen molar-refractivity contribution in [1.29, 1.82) is 0 Å². The van der Waals surface area contributed by atoms with Crippen molar-refractivity contribution in [3.63, 3.8) is 0 Å². The molecule has 1 amide bonds. The summed E-state index contributed by atoms with van der Waals surface area (Å²) in [5, 5.41) is 23.9. The molecule has 6 nitrogen and oxygen atoms in total. The first kappa shape index (κ1) is 66.0. The normalized spacial score (nSPS) is 13.8. The van der Waals surface area contributed by atoms with Gasteiger partial charge in [-0.2, -0.15) is 0 Å². The molecule has 3 unspecified atom stereocenters. The van der Waals surface area contributed by atoms with Gasteiger partial charge in [-0.1, -0.05) is 254 Å². The zero-order valence-electron chi connectivity index (χ0n) is 45.4. The smallest absolute Gasteiger partial charge is 0.306 e. The number of hydrogen-bond donors (Lipinski definition) is 3. The molecule has 6 heteroatoms. The van der Waals surface area contributed by atoms with Crippen LogP contribution in [0.5, 0.6) is 0 Å². The number of allylic oxidation sites excluding steroid dienone is 14. The van der Waals surface area contributed by atoms with Crippen molar-refractivity contribution in [2.45, 2.75) is 296 Å². The molecule has 69 heavy (non-hydrogen) atoms. The van der Waals surface area contributed by atoms with E-state index in [-0.39, 0.29) is 24.9 Å². The summed E-state index contributed by atoms with van der Waals surface area (Å²) >= 11 is 0. The molecule has 0 spiro atoms. The van der Waals surface area contributed by atoms with Crippen molar-refractivity contribution in [2.75, 3.05) is 6.61 Å². The molecule has 0 radical (unpaired) electrons. The Morgan fingerprint density at radius 1 is 0.435 bits per heavy atom. The second-order valence-electron chi connectivity index (χ2n) is 19.7. The van der Waals surface area contributed by atoms with Gasteiger partial charge < -0.3 is 20.3 Å². The number of ether oxygens (including phenoxy) is 1. The molecule has 3 atom stereocenters. The van der Waals surface area contributed by atoms with Gasteiger partial charge in [-0.25, -0.2) is 0 Å². The minimum Gasteiger partial charge on any atom is -0.462 e. The van der Waals surface area contributed by atoms with Crippen LogP contribution in [0.15, 0.2) is 85.1 Å². The number of hydrogen-bond acceptors (Lipinski definition) is 5. The number of aliphatic hydroxyl groups excluding tert-OH is 2. The third-order valence-electron chi connectivity index (χ3n) is 13.0. The first-order valence-electron chi connectivity index (χ1n) is 29.3. The van der Waals surface area contributed by atoms with Crippen LogP contribution in [0, 0.1) is 0 Å². The zero-order chi connectivity index (χ0) is 50.2. The number of amides is 1. The van der Waals surface area contributed by atoms with E-state index < -0.39 is 18.2 Å². The third kappa shape index (κ3) is 51.2. The summed E-state index contributed by atoms with van der Waals surface area (Å²) in [4.78, 5) is 26.3. The Labute approximate surface area is 427 Å². The lowest BCUT2D eigenvalue weighted by Gasteiger charge is -2.24. The molecule has 0 heterocycles. The number of carbonyl (C=O) groups excluding carboxylic acids is 2. The van der Waals surface area contributed by atoms with E-state index >= 15 is 0 Å².